The van der Waals surface area contributed by atoms with Crippen LogP contribution < -0.4 is 0 Å². The van der Waals surface area contributed by atoms with Crippen LogP contribution in [0.4, 0.5) is 0 Å². The van der Waals surface area contributed by atoms with Gasteiger partial charge in [0.25, 0.3) is 0 Å². The van der Waals surface area contributed by atoms with Gasteiger partial charge in [-0.25, -0.2) is 0 Å². The maximum absolute atomic E-state index is 6.19. The highest BCUT2D eigenvalue weighted by Crippen LogP contribution is 2.48. The molecule has 3 fully saturated rings. The van der Waals surface area contributed by atoms with E-state index in [0.29, 0.717) is 16.6 Å². The number of hydrogen-bond donors (Lipinski definition) is 0. The van der Waals surface area contributed by atoms with E-state index in [0.717, 1.165) is 0 Å². The summed E-state index contributed by atoms with van der Waals surface area (Å²) in [4.78, 5) is 0. The van der Waals surface area contributed by atoms with E-state index in [1.807, 2.05) is 27.7 Å². The van der Waals surface area contributed by atoms with Crippen LogP contribution in [0.3, 0.4) is 0 Å². The second kappa shape index (κ2) is 5.34. The lowest BCUT2D eigenvalue weighted by Gasteiger charge is -2.36. The van der Waals surface area contributed by atoms with Crippen LogP contribution in [0, 0.1) is 0 Å². The van der Waals surface area contributed by atoms with Crippen molar-refractivity contribution >= 4 is 17.2 Å². The van der Waals surface area contributed by atoms with Crippen LogP contribution >= 0.6 is 11.6 Å². The standard InChI is InChI=1S/C16H19ClN4O5/c1-15(2)23-9-10(24-15)12-14(26-16(3,4)25-12)22-11(9)13-19-18-8-6-5-7(17)20-21(8)13/h5-6,9-12,14H,1-4H3/t9-,10+,11+,12-,14-/m1/s1. The van der Waals surface area contributed by atoms with Gasteiger partial charge in [0.15, 0.2) is 35.4 Å². The Balaban J connectivity index is 1.59. The Kier molecular flexibility index (Phi) is 3.45. The third kappa shape index (κ3) is 2.54. The van der Waals surface area contributed by atoms with E-state index in [-0.39, 0.29) is 6.10 Å². The molecule has 3 aliphatic rings. The fraction of sp³-hybridized carbons (Fsp3) is 0.688. The number of aromatic nitrogens is 4. The summed E-state index contributed by atoms with van der Waals surface area (Å²) in [5, 5.41) is 13.0. The van der Waals surface area contributed by atoms with E-state index in [1.54, 1.807) is 16.6 Å². The average Bonchev–Trinajstić information content (AvgIpc) is 3.17. The van der Waals surface area contributed by atoms with Crippen LogP contribution in [-0.2, 0) is 23.7 Å². The summed E-state index contributed by atoms with van der Waals surface area (Å²) in [6, 6.07) is 3.40. The monoisotopic (exact) mass is 382 g/mol. The van der Waals surface area contributed by atoms with Crippen molar-refractivity contribution in [2.45, 2.75) is 70.0 Å². The highest BCUT2D eigenvalue weighted by molar-refractivity contribution is 6.29. The SMILES string of the molecule is CC1(C)O[C@H]2[C@@H](O1)[C@@H](c1nnc3ccc(Cl)nn13)O[C@@H]1OC(C)(C)O[C@@H]12. The molecule has 2 aromatic rings. The third-order valence-corrected chi connectivity index (χ3v) is 4.87. The Morgan fingerprint density at radius 1 is 0.923 bits per heavy atom. The number of fused-ring (bicyclic) bond motifs is 4. The minimum absolute atomic E-state index is 0.328. The molecule has 0 aliphatic carbocycles. The van der Waals surface area contributed by atoms with Gasteiger partial charge in [0.2, 0.25) is 0 Å². The van der Waals surface area contributed by atoms with Gasteiger partial charge in [0, 0.05) is 0 Å². The molecule has 0 saturated carbocycles. The molecule has 0 N–H and O–H groups in total. The van der Waals surface area contributed by atoms with Crippen molar-refractivity contribution < 1.29 is 23.7 Å². The molecule has 0 bridgehead atoms. The summed E-state index contributed by atoms with van der Waals surface area (Å²) >= 11 is 6.04. The summed E-state index contributed by atoms with van der Waals surface area (Å²) in [6.07, 6.45) is -2.43. The van der Waals surface area contributed by atoms with Gasteiger partial charge < -0.3 is 23.7 Å². The van der Waals surface area contributed by atoms with Gasteiger partial charge >= 0.3 is 0 Å². The van der Waals surface area contributed by atoms with Crippen molar-refractivity contribution in [1.82, 2.24) is 19.8 Å². The van der Waals surface area contributed by atoms with E-state index in [9.17, 15) is 0 Å². The van der Waals surface area contributed by atoms with E-state index < -0.39 is 36.2 Å². The van der Waals surface area contributed by atoms with E-state index >= 15 is 0 Å². The maximum Gasteiger partial charge on any atom is 0.190 e. The Morgan fingerprint density at radius 2 is 1.62 bits per heavy atom. The molecule has 0 aromatic carbocycles. The first-order chi connectivity index (χ1) is 12.2. The highest BCUT2D eigenvalue weighted by atomic mass is 35.5. The second-order valence-corrected chi connectivity index (χ2v) is 7.96. The molecule has 5 heterocycles. The van der Waals surface area contributed by atoms with Gasteiger partial charge in [-0.05, 0) is 39.8 Å². The topological polar surface area (TPSA) is 89.2 Å². The third-order valence-electron chi connectivity index (χ3n) is 4.66. The van der Waals surface area contributed by atoms with Crippen molar-refractivity contribution in [1.29, 1.82) is 0 Å². The van der Waals surface area contributed by atoms with E-state index in [4.69, 9.17) is 35.3 Å². The molecule has 3 aliphatic heterocycles. The smallest absolute Gasteiger partial charge is 0.190 e. The van der Waals surface area contributed by atoms with Crippen molar-refractivity contribution in [3.63, 3.8) is 0 Å². The number of hydrogen-bond acceptors (Lipinski definition) is 8. The summed E-state index contributed by atoms with van der Waals surface area (Å²) in [6.45, 7) is 7.39. The van der Waals surface area contributed by atoms with Gasteiger partial charge in [-0.1, -0.05) is 11.6 Å². The average molecular weight is 383 g/mol. The van der Waals surface area contributed by atoms with Gasteiger partial charge in [-0.15, -0.1) is 10.2 Å². The first kappa shape index (κ1) is 16.8. The first-order valence-corrected chi connectivity index (χ1v) is 8.85. The van der Waals surface area contributed by atoms with Crippen LogP contribution in [0.25, 0.3) is 5.65 Å². The van der Waals surface area contributed by atoms with Crippen molar-refractivity contribution in [3.8, 4) is 0 Å². The first-order valence-electron chi connectivity index (χ1n) is 8.47. The summed E-state index contributed by atoms with van der Waals surface area (Å²) < 4.78 is 31.9. The largest absolute Gasteiger partial charge is 0.342 e. The molecule has 10 heteroatoms. The van der Waals surface area contributed by atoms with Crippen molar-refractivity contribution in [2.24, 2.45) is 0 Å². The van der Waals surface area contributed by atoms with Gasteiger partial charge in [0.1, 0.15) is 23.5 Å². The molecule has 9 nitrogen and oxygen atoms in total. The number of halogens is 1. The normalized spacial score (nSPS) is 37.7. The maximum atomic E-state index is 6.19. The van der Waals surface area contributed by atoms with Crippen LogP contribution in [-0.4, -0.2) is 56.0 Å². The molecule has 5 rings (SSSR count). The predicted octanol–water partition coefficient (Wildman–Crippen LogP) is 1.85. The number of rotatable bonds is 1. The lowest BCUT2D eigenvalue weighted by molar-refractivity contribution is -0.238. The second-order valence-electron chi connectivity index (χ2n) is 7.57. The Bertz CT molecular complexity index is 871. The molecule has 26 heavy (non-hydrogen) atoms. The fourth-order valence-corrected chi connectivity index (χ4v) is 3.92. The quantitative estimate of drug-likeness (QED) is 0.738. The van der Waals surface area contributed by atoms with Crippen molar-refractivity contribution in [3.05, 3.63) is 23.1 Å². The molecule has 140 valence electrons. The summed E-state index contributed by atoms with van der Waals surface area (Å²) in [5.74, 6) is -1.09. The van der Waals surface area contributed by atoms with Crippen LogP contribution in [0.15, 0.2) is 12.1 Å². The van der Waals surface area contributed by atoms with Crippen LogP contribution in [0.2, 0.25) is 5.15 Å². The Hall–Kier alpha value is -1.36. The molecule has 3 saturated heterocycles. The molecular formula is C16H19ClN4O5. The molecule has 0 radical (unpaired) electrons. The zero-order chi connectivity index (χ0) is 18.3. The zero-order valence-electron chi connectivity index (χ0n) is 14.7. The van der Waals surface area contributed by atoms with Gasteiger partial charge in [0.05, 0.1) is 0 Å². The molecular weight excluding hydrogens is 364 g/mol. The van der Waals surface area contributed by atoms with Gasteiger partial charge in [-0.2, -0.15) is 9.61 Å². The summed E-state index contributed by atoms with van der Waals surface area (Å²) in [7, 11) is 0. The van der Waals surface area contributed by atoms with Crippen LogP contribution in [0.5, 0.6) is 0 Å². The molecule has 0 amide bonds. The fourth-order valence-electron chi connectivity index (χ4n) is 3.78. The molecule has 0 unspecified atom stereocenters. The molecule has 2 aromatic heterocycles. The minimum atomic E-state index is -0.784. The number of nitrogens with zero attached hydrogens (tertiary/aromatic N) is 4. The predicted molar refractivity (Wildman–Crippen MR) is 87.3 cm³/mol. The molecule has 0 spiro atoms. The van der Waals surface area contributed by atoms with Crippen LogP contribution in [0.1, 0.15) is 39.6 Å². The number of ether oxygens (including phenoxy) is 5. The zero-order valence-corrected chi connectivity index (χ0v) is 15.5. The summed E-state index contributed by atoms with van der Waals surface area (Å²) in [5.41, 5.74) is 0.564. The lowest BCUT2D eigenvalue weighted by Crippen LogP contribution is -2.51. The van der Waals surface area contributed by atoms with E-state index in [1.165, 1.54) is 0 Å². The van der Waals surface area contributed by atoms with Crippen molar-refractivity contribution in [2.75, 3.05) is 0 Å². The highest BCUT2D eigenvalue weighted by Gasteiger charge is 2.61. The van der Waals surface area contributed by atoms with E-state index in [2.05, 4.69) is 15.3 Å². The Morgan fingerprint density at radius 3 is 2.42 bits per heavy atom. The lowest BCUT2D eigenvalue weighted by atomic mass is 9.98. The Labute approximate surface area is 154 Å². The molecule has 5 atom stereocenters. The van der Waals surface area contributed by atoms with Gasteiger partial charge in [-0.3, -0.25) is 0 Å². The minimum Gasteiger partial charge on any atom is -0.342 e.